The summed E-state index contributed by atoms with van der Waals surface area (Å²) in [6.45, 7) is 5.14. The maximum atomic E-state index is 10.7. The molecule has 0 aliphatic heterocycles. The average Bonchev–Trinajstić information content (AvgIpc) is 1.87. The van der Waals surface area contributed by atoms with Crippen LogP contribution >= 0.6 is 0 Å². The first-order valence-corrected chi connectivity index (χ1v) is 3.46. The molecule has 0 heterocycles. The largest absolute Gasteiger partial charge is 0.542 e. The van der Waals surface area contributed by atoms with E-state index in [2.05, 4.69) is 0 Å². The fraction of sp³-hybridized carbons (Fsp3) is 0.750. The molecule has 61 valence electrons. The van der Waals surface area contributed by atoms with Crippen LogP contribution in [0, 0.1) is 11.8 Å². The van der Waals surface area contributed by atoms with Gasteiger partial charge in [0.1, 0.15) is 5.78 Å². The minimum Gasteiger partial charge on any atom is -0.542 e. The monoisotopic (exact) mass is 230 g/mol. The molecular weight excluding hydrogens is 217 g/mol. The summed E-state index contributed by atoms with van der Waals surface area (Å²) in [4.78, 5) is 20.7. The second kappa shape index (κ2) is 7.11. The number of Topliss-reactive ketones (excluding diaryl/α,β-unsaturated/α-hetero) is 1. The molecule has 1 radical (unpaired) electrons. The van der Waals surface area contributed by atoms with E-state index in [0.29, 0.717) is 6.42 Å². The Morgan fingerprint density at radius 3 is 2.18 bits per heavy atom. The van der Waals surface area contributed by atoms with Crippen molar-refractivity contribution in [2.24, 2.45) is 11.8 Å². The van der Waals surface area contributed by atoms with E-state index in [1.807, 2.05) is 13.2 Å². The average molecular weight is 230 g/mol. The first-order valence-electron chi connectivity index (χ1n) is 3.46. The van der Waals surface area contributed by atoms with Crippen LogP contribution in [0.5, 0.6) is 0 Å². The van der Waals surface area contributed by atoms with Crippen LogP contribution in [0.15, 0.2) is 0 Å². The predicted octanol–water partition coefficient (Wildman–Crippen LogP) is 1.34. The second-order valence-corrected chi connectivity index (χ2v) is 2.77. The first kappa shape index (κ1) is 14.0. The van der Waals surface area contributed by atoms with Crippen LogP contribution in [0.3, 0.4) is 0 Å². The molecule has 0 N–H and O–H groups in total. The van der Waals surface area contributed by atoms with Crippen molar-refractivity contribution in [1.82, 2.24) is 0 Å². The van der Waals surface area contributed by atoms with Crippen molar-refractivity contribution < 1.29 is 42.3 Å². The Hall–Kier alpha value is 0.444. The van der Waals surface area contributed by atoms with Crippen LogP contribution < -0.4 is 0 Å². The van der Waals surface area contributed by atoms with Gasteiger partial charge >= 0.3 is 0 Å². The number of ketones is 1. The van der Waals surface area contributed by atoms with Crippen LogP contribution in [0.4, 0.5) is 0 Å². The second-order valence-electron chi connectivity index (χ2n) is 2.77. The van der Waals surface area contributed by atoms with Gasteiger partial charge in [0.15, 0.2) is 0 Å². The minimum absolute atomic E-state index is 0. The van der Waals surface area contributed by atoms with E-state index in [4.69, 9.17) is 0 Å². The molecule has 0 spiro atoms. The summed E-state index contributed by atoms with van der Waals surface area (Å²) in [5.74, 6) is 0.0254. The van der Waals surface area contributed by atoms with E-state index in [1.165, 1.54) is 0 Å². The van der Waals surface area contributed by atoms with Gasteiger partial charge in [-0.2, -0.15) is 0 Å². The maximum Gasteiger partial charge on any atom is 0.132 e. The molecule has 0 aromatic rings. The smallest absolute Gasteiger partial charge is 0.132 e. The molecule has 0 rings (SSSR count). The molecule has 2 nitrogen and oxygen atoms in total. The summed E-state index contributed by atoms with van der Waals surface area (Å²) >= 11 is 0. The van der Waals surface area contributed by atoms with Crippen molar-refractivity contribution in [3.05, 3.63) is 0 Å². The zero-order valence-electron chi connectivity index (χ0n) is 7.26. The van der Waals surface area contributed by atoms with Crippen molar-refractivity contribution in [3.63, 3.8) is 0 Å². The first-order chi connectivity index (χ1) is 4.57. The van der Waals surface area contributed by atoms with E-state index in [1.54, 1.807) is 13.8 Å². The number of hydrogen-bond acceptors (Lipinski definition) is 2. The molecule has 0 amide bonds. The minimum atomic E-state index is -0.112. The number of carbonyl (C=O) groups is 1. The Labute approximate surface area is 93.0 Å². The van der Waals surface area contributed by atoms with E-state index < -0.39 is 0 Å². The summed E-state index contributed by atoms with van der Waals surface area (Å²) < 4.78 is 0. The third kappa shape index (κ3) is 6.83. The molecule has 0 fully saturated rings. The Kier molecular flexibility index (Phi) is 9.05. The van der Waals surface area contributed by atoms with Gasteiger partial charge in [-0.05, 0) is 6.92 Å². The summed E-state index contributed by atoms with van der Waals surface area (Å²) in [6, 6.07) is 0. The van der Waals surface area contributed by atoms with Gasteiger partial charge in [0.25, 0.3) is 0 Å². The van der Waals surface area contributed by atoms with Crippen molar-refractivity contribution in [2.45, 2.75) is 27.2 Å². The van der Waals surface area contributed by atoms with Gasteiger partial charge in [0.05, 0.1) is 0 Å². The van der Waals surface area contributed by atoms with Gasteiger partial charge in [-0.25, -0.2) is 0 Å². The SMILES string of the molecule is CC(=O)C(C)CC(C)[C-]=O.[Y]. The summed E-state index contributed by atoms with van der Waals surface area (Å²) in [7, 11) is 0. The van der Waals surface area contributed by atoms with Gasteiger partial charge in [0.2, 0.25) is 0 Å². The topological polar surface area (TPSA) is 34.1 Å². The van der Waals surface area contributed by atoms with Crippen molar-refractivity contribution in [3.8, 4) is 0 Å². The Balaban J connectivity index is 0. The van der Waals surface area contributed by atoms with Crippen LogP contribution in [-0.2, 0) is 42.3 Å². The molecule has 0 saturated heterocycles. The Morgan fingerprint density at radius 1 is 1.45 bits per heavy atom. The quantitative estimate of drug-likeness (QED) is 0.683. The molecule has 0 bridgehead atoms. The summed E-state index contributed by atoms with van der Waals surface area (Å²) in [5.41, 5.74) is 0. The van der Waals surface area contributed by atoms with Crippen LogP contribution in [0.25, 0.3) is 0 Å². The van der Waals surface area contributed by atoms with Crippen molar-refractivity contribution in [2.75, 3.05) is 0 Å². The molecule has 0 aliphatic carbocycles. The zero-order chi connectivity index (χ0) is 8.15. The molecule has 0 saturated carbocycles. The van der Waals surface area contributed by atoms with Gasteiger partial charge in [-0.3, -0.25) is 11.1 Å². The number of carbonyl (C=O) groups excluding carboxylic acids is 2. The maximum absolute atomic E-state index is 10.7. The standard InChI is InChI=1S/C8H13O2.Y/c1-6(5-9)4-7(2)8(3)10;/h6-7H,4H2,1-3H3;/q-1;. The summed E-state index contributed by atoms with van der Waals surface area (Å²) in [6.07, 6.45) is 2.47. The number of hydrogen-bond donors (Lipinski definition) is 0. The normalized spacial score (nSPS) is 14.5. The molecule has 0 aromatic carbocycles. The van der Waals surface area contributed by atoms with E-state index in [-0.39, 0.29) is 50.3 Å². The molecule has 2 atom stereocenters. The van der Waals surface area contributed by atoms with E-state index in [0.717, 1.165) is 0 Å². The molecule has 2 unspecified atom stereocenters. The van der Waals surface area contributed by atoms with Gasteiger partial charge in [-0.15, -0.1) is 5.92 Å². The molecule has 3 heteroatoms. The van der Waals surface area contributed by atoms with Crippen molar-refractivity contribution >= 4 is 12.1 Å². The molecule has 11 heavy (non-hydrogen) atoms. The fourth-order valence-electron chi connectivity index (χ4n) is 0.744. The molecular formula is C8H13O2Y-. The molecule has 0 aliphatic rings. The van der Waals surface area contributed by atoms with Crippen LogP contribution in [0.2, 0.25) is 0 Å². The molecule has 0 aromatic heterocycles. The van der Waals surface area contributed by atoms with Crippen LogP contribution in [0.1, 0.15) is 27.2 Å². The predicted molar refractivity (Wildman–Crippen MR) is 39.3 cm³/mol. The van der Waals surface area contributed by atoms with Crippen LogP contribution in [-0.4, -0.2) is 12.1 Å². The zero-order valence-corrected chi connectivity index (χ0v) is 10.1. The van der Waals surface area contributed by atoms with E-state index in [9.17, 15) is 9.59 Å². The Morgan fingerprint density at radius 2 is 1.91 bits per heavy atom. The van der Waals surface area contributed by atoms with Crippen molar-refractivity contribution in [1.29, 1.82) is 0 Å². The third-order valence-corrected chi connectivity index (χ3v) is 1.60. The summed E-state index contributed by atoms with van der Waals surface area (Å²) in [5, 5.41) is 0. The number of rotatable bonds is 4. The van der Waals surface area contributed by atoms with Gasteiger partial charge in [-0.1, -0.05) is 20.3 Å². The Bertz CT molecular complexity index is 134. The van der Waals surface area contributed by atoms with Gasteiger partial charge < -0.3 is 4.79 Å². The third-order valence-electron chi connectivity index (χ3n) is 1.60. The van der Waals surface area contributed by atoms with E-state index >= 15 is 0 Å². The van der Waals surface area contributed by atoms with Gasteiger partial charge in [0, 0.05) is 38.6 Å². The fourth-order valence-corrected chi connectivity index (χ4v) is 0.744.